The van der Waals surface area contributed by atoms with Crippen molar-refractivity contribution in [2.24, 2.45) is 22.0 Å². The van der Waals surface area contributed by atoms with Gasteiger partial charge in [0.05, 0.1) is 0 Å². The first-order valence-corrected chi connectivity index (χ1v) is 13.3. The zero-order valence-corrected chi connectivity index (χ0v) is 26.8. The second-order valence-corrected chi connectivity index (χ2v) is 16.4. The van der Waals surface area contributed by atoms with Gasteiger partial charge in [-0.15, -0.1) is 0 Å². The van der Waals surface area contributed by atoms with Gasteiger partial charge in [0.25, 0.3) is 0 Å². The Balaban J connectivity index is -0.000000439. The smallest absolute Gasteiger partial charge is 0.0130 e. The molecule has 0 atom stereocenters. The highest BCUT2D eigenvalue weighted by Crippen LogP contribution is 2.28. The minimum Gasteiger partial charge on any atom is -0.330 e. The molecule has 204 valence electrons. The average molecular weight is 472 g/mol. The van der Waals surface area contributed by atoms with Crippen LogP contribution in [0.15, 0.2) is 0 Å². The molecule has 0 aliphatic heterocycles. The van der Waals surface area contributed by atoms with Gasteiger partial charge in [0.1, 0.15) is 0 Å². The molecule has 3 heteroatoms. The van der Waals surface area contributed by atoms with E-state index in [9.17, 15) is 0 Å². The maximum atomic E-state index is 5.31. The van der Waals surface area contributed by atoms with Gasteiger partial charge >= 0.3 is 0 Å². The third-order valence-corrected chi connectivity index (χ3v) is 5.13. The van der Waals surface area contributed by atoms with Gasteiger partial charge in [-0.3, -0.25) is 4.90 Å². The summed E-state index contributed by atoms with van der Waals surface area (Å²) in [5.41, 5.74) is 7.40. The Kier molecular flexibility index (Phi) is 16.4. The van der Waals surface area contributed by atoms with E-state index >= 15 is 0 Å². The summed E-state index contributed by atoms with van der Waals surface area (Å²) in [5, 5.41) is 3.48. The lowest BCUT2D eigenvalue weighted by molar-refractivity contribution is 0.0285. The van der Waals surface area contributed by atoms with E-state index in [0.717, 1.165) is 19.5 Å². The van der Waals surface area contributed by atoms with Gasteiger partial charge in [0.2, 0.25) is 0 Å². The molecule has 33 heavy (non-hydrogen) atoms. The van der Waals surface area contributed by atoms with Crippen LogP contribution < -0.4 is 11.1 Å². The molecule has 0 spiro atoms. The lowest BCUT2D eigenvalue weighted by atomic mass is 9.89. The molecule has 3 nitrogen and oxygen atoms in total. The molecule has 0 radical (unpaired) electrons. The van der Waals surface area contributed by atoms with Gasteiger partial charge in [-0.1, -0.05) is 62.3 Å². The zero-order valence-electron chi connectivity index (χ0n) is 26.8. The highest BCUT2D eigenvalue weighted by molar-refractivity contribution is 4.87. The molecule has 0 amide bonds. The summed E-state index contributed by atoms with van der Waals surface area (Å²) >= 11 is 0. The van der Waals surface area contributed by atoms with Crippen LogP contribution in [0.1, 0.15) is 144 Å². The summed E-state index contributed by atoms with van der Waals surface area (Å²) in [6, 6.07) is 0. The lowest BCUT2D eigenvalue weighted by Gasteiger charge is -2.46. The number of hydrogen-bond donors (Lipinski definition) is 2. The molecule has 0 aromatic carbocycles. The molecule has 3 N–H and O–H groups in total. The number of hydrogen-bond acceptors (Lipinski definition) is 3. The van der Waals surface area contributed by atoms with Gasteiger partial charge in [0.15, 0.2) is 0 Å². The molecule has 0 bridgehead atoms. The Hall–Kier alpha value is -0.120. The van der Waals surface area contributed by atoms with Crippen molar-refractivity contribution >= 4 is 0 Å². The van der Waals surface area contributed by atoms with Crippen molar-refractivity contribution in [3.05, 3.63) is 0 Å². The monoisotopic (exact) mass is 472 g/mol. The molecule has 0 saturated heterocycles. The topological polar surface area (TPSA) is 41.3 Å². The van der Waals surface area contributed by atoms with Crippen LogP contribution in [-0.2, 0) is 0 Å². The molecule has 0 aliphatic rings. The Morgan fingerprint density at radius 2 is 0.848 bits per heavy atom. The van der Waals surface area contributed by atoms with Crippen molar-refractivity contribution in [2.75, 3.05) is 19.6 Å². The number of nitrogens with one attached hydrogen (secondary N) is 1. The molecule has 0 fully saturated rings. The Bertz CT molecular complexity index is 438. The highest BCUT2D eigenvalue weighted by Gasteiger charge is 2.31. The standard InChI is InChI=1S/C14H31N.C10H23N.C6H15N/c1-12(2,3)10-11-15(13(4,5)6)14(7,8)9;1-9(2,3)7-8-11-10(4,5)6;1-6(2,3)4-5-7/h10-11H2,1-9H3;11H,7-8H2,1-6H3;4-5,7H2,1-3H3. The van der Waals surface area contributed by atoms with E-state index in [1.54, 1.807) is 0 Å². The number of rotatable bonds is 5. The normalized spacial score (nSPS) is 13.8. The minimum atomic E-state index is 0.253. The van der Waals surface area contributed by atoms with E-state index in [2.05, 4.69) is 135 Å². The van der Waals surface area contributed by atoms with Gasteiger partial charge < -0.3 is 11.1 Å². The molecule has 0 aromatic rings. The van der Waals surface area contributed by atoms with E-state index in [1.807, 2.05) is 0 Å². The molecule has 0 unspecified atom stereocenters. The first-order chi connectivity index (χ1) is 14.1. The molecule has 0 rings (SSSR count). The lowest BCUT2D eigenvalue weighted by Crippen LogP contribution is -2.53. The van der Waals surface area contributed by atoms with Crippen molar-refractivity contribution in [1.29, 1.82) is 0 Å². The van der Waals surface area contributed by atoms with Crippen molar-refractivity contribution in [3.63, 3.8) is 0 Å². The predicted octanol–water partition coefficient (Wildman–Crippen LogP) is 8.51. The summed E-state index contributed by atoms with van der Waals surface area (Å²) < 4.78 is 0. The van der Waals surface area contributed by atoms with Crippen molar-refractivity contribution in [1.82, 2.24) is 10.2 Å². The summed E-state index contributed by atoms with van der Waals surface area (Å²) in [4.78, 5) is 2.60. The van der Waals surface area contributed by atoms with Gasteiger partial charge in [-0.05, 0) is 117 Å². The Morgan fingerprint density at radius 1 is 0.515 bits per heavy atom. The fourth-order valence-electron chi connectivity index (χ4n) is 3.37. The van der Waals surface area contributed by atoms with E-state index in [4.69, 9.17) is 5.73 Å². The maximum Gasteiger partial charge on any atom is 0.0130 e. The van der Waals surface area contributed by atoms with Crippen LogP contribution in [0.5, 0.6) is 0 Å². The van der Waals surface area contributed by atoms with Crippen LogP contribution in [0.2, 0.25) is 0 Å². The van der Waals surface area contributed by atoms with E-state index in [1.165, 1.54) is 19.4 Å². The van der Waals surface area contributed by atoms with Crippen LogP contribution in [-0.4, -0.2) is 41.2 Å². The van der Waals surface area contributed by atoms with E-state index in [0.29, 0.717) is 16.2 Å². The van der Waals surface area contributed by atoms with Gasteiger partial charge in [-0.2, -0.15) is 0 Å². The largest absolute Gasteiger partial charge is 0.330 e. The zero-order chi connectivity index (χ0) is 27.5. The van der Waals surface area contributed by atoms with E-state index < -0.39 is 0 Å². The fraction of sp³-hybridized carbons (Fsp3) is 1.00. The molecule has 0 aromatic heterocycles. The Morgan fingerprint density at radius 3 is 1.03 bits per heavy atom. The number of nitrogens with zero attached hydrogens (tertiary/aromatic N) is 1. The Labute approximate surface area is 212 Å². The van der Waals surface area contributed by atoms with Crippen molar-refractivity contribution in [3.8, 4) is 0 Å². The van der Waals surface area contributed by atoms with E-state index in [-0.39, 0.29) is 16.6 Å². The van der Waals surface area contributed by atoms with Gasteiger partial charge in [0, 0.05) is 16.6 Å². The molecular weight excluding hydrogens is 402 g/mol. The molecular formula is C30H69N3. The number of nitrogens with two attached hydrogens (primary N) is 1. The van der Waals surface area contributed by atoms with Crippen molar-refractivity contribution in [2.45, 2.75) is 161 Å². The van der Waals surface area contributed by atoms with Gasteiger partial charge in [-0.25, -0.2) is 0 Å². The third-order valence-electron chi connectivity index (χ3n) is 5.13. The van der Waals surface area contributed by atoms with Crippen LogP contribution in [0, 0.1) is 16.2 Å². The molecule has 0 aliphatic carbocycles. The highest BCUT2D eigenvalue weighted by atomic mass is 15.2. The second-order valence-electron chi connectivity index (χ2n) is 16.4. The first-order valence-electron chi connectivity index (χ1n) is 13.3. The van der Waals surface area contributed by atoms with Crippen LogP contribution in [0.25, 0.3) is 0 Å². The van der Waals surface area contributed by atoms with Crippen LogP contribution >= 0.6 is 0 Å². The molecule has 0 saturated carbocycles. The first kappa shape index (κ1) is 37.4. The third kappa shape index (κ3) is 31.9. The fourth-order valence-corrected chi connectivity index (χ4v) is 3.37. The maximum absolute atomic E-state index is 5.31. The van der Waals surface area contributed by atoms with Crippen LogP contribution in [0.4, 0.5) is 0 Å². The summed E-state index contributed by atoms with van der Waals surface area (Å²) in [6.45, 7) is 43.9. The molecule has 0 heterocycles. The quantitative estimate of drug-likeness (QED) is 0.422. The summed E-state index contributed by atoms with van der Waals surface area (Å²) in [6.07, 6.45) is 3.61. The van der Waals surface area contributed by atoms with Crippen LogP contribution in [0.3, 0.4) is 0 Å². The SMILES string of the molecule is CC(C)(C)CCN.CC(C)(C)CCN(C(C)(C)C)C(C)(C)C.CC(C)(C)CCNC(C)(C)C. The summed E-state index contributed by atoms with van der Waals surface area (Å²) in [7, 11) is 0. The predicted molar refractivity (Wildman–Crippen MR) is 155 cm³/mol. The minimum absolute atomic E-state index is 0.253. The average Bonchev–Trinajstić information content (AvgIpc) is 2.39. The second kappa shape index (κ2) is 14.4. The van der Waals surface area contributed by atoms with Crippen molar-refractivity contribution < 1.29 is 0 Å². The summed E-state index contributed by atoms with van der Waals surface area (Å²) in [5.74, 6) is 0.